The molecule has 0 aliphatic rings. The molecular weight excluding hydrogens is 278 g/mol. The smallest absolute Gasteiger partial charge is 0.338 e. The van der Waals surface area contributed by atoms with Gasteiger partial charge in [0.15, 0.2) is 0 Å². The van der Waals surface area contributed by atoms with Gasteiger partial charge in [0.2, 0.25) is 0 Å². The van der Waals surface area contributed by atoms with Crippen LogP contribution in [-0.2, 0) is 4.74 Å². The number of nitrogens with zero attached hydrogens (tertiary/aromatic N) is 1. The number of methoxy groups -OCH3 is 1. The van der Waals surface area contributed by atoms with Crippen molar-refractivity contribution in [2.24, 2.45) is 0 Å². The zero-order chi connectivity index (χ0) is 15.8. The van der Waals surface area contributed by atoms with E-state index in [0.29, 0.717) is 17.9 Å². The summed E-state index contributed by atoms with van der Waals surface area (Å²) in [5.74, 6) is 0.288. The van der Waals surface area contributed by atoms with Gasteiger partial charge in [-0.25, -0.2) is 4.79 Å². The molecule has 0 atom stereocenters. The maximum absolute atomic E-state index is 12.4. The largest absolute Gasteiger partial charge is 0.497 e. The molecule has 0 fully saturated rings. The first-order valence-corrected chi connectivity index (χ1v) is 7.52. The van der Waals surface area contributed by atoms with Crippen LogP contribution in [0.2, 0.25) is 0 Å². The molecule has 0 aliphatic carbocycles. The molecule has 2 aromatic rings. The van der Waals surface area contributed by atoms with Crippen LogP contribution in [0.1, 0.15) is 36.5 Å². The fourth-order valence-electron chi connectivity index (χ4n) is 2.16. The van der Waals surface area contributed by atoms with Gasteiger partial charge >= 0.3 is 5.97 Å². The standard InChI is InChI=1S/C18H21NO3/c1-3-4-7-12-22-18(20)16-13-14(21-2)9-10-15(16)17-8-5-6-11-19-17/h5-6,8-11,13H,3-4,7,12H2,1-2H3. The number of esters is 1. The quantitative estimate of drug-likeness (QED) is 0.570. The Morgan fingerprint density at radius 3 is 2.73 bits per heavy atom. The lowest BCUT2D eigenvalue weighted by atomic mass is 10.0. The molecule has 0 N–H and O–H groups in total. The van der Waals surface area contributed by atoms with Crippen molar-refractivity contribution in [1.82, 2.24) is 4.98 Å². The third kappa shape index (κ3) is 4.07. The lowest BCUT2D eigenvalue weighted by Crippen LogP contribution is -2.08. The topological polar surface area (TPSA) is 48.4 Å². The third-order valence-corrected chi connectivity index (χ3v) is 3.37. The highest BCUT2D eigenvalue weighted by Crippen LogP contribution is 2.26. The molecule has 1 aromatic heterocycles. The summed E-state index contributed by atoms with van der Waals surface area (Å²) in [4.78, 5) is 16.7. The summed E-state index contributed by atoms with van der Waals surface area (Å²) in [6.45, 7) is 2.55. The van der Waals surface area contributed by atoms with Gasteiger partial charge in [-0.15, -0.1) is 0 Å². The first-order chi connectivity index (χ1) is 10.8. The number of hydrogen-bond donors (Lipinski definition) is 0. The summed E-state index contributed by atoms with van der Waals surface area (Å²) in [6, 6.07) is 11.0. The number of hydrogen-bond acceptors (Lipinski definition) is 4. The molecule has 0 radical (unpaired) electrons. The van der Waals surface area contributed by atoms with Gasteiger partial charge in [-0.1, -0.05) is 25.8 Å². The fraction of sp³-hybridized carbons (Fsp3) is 0.333. The number of ether oxygens (including phenoxy) is 2. The molecule has 0 amide bonds. The van der Waals surface area contributed by atoms with Crippen LogP contribution in [0.15, 0.2) is 42.6 Å². The van der Waals surface area contributed by atoms with E-state index in [1.807, 2.05) is 30.3 Å². The minimum Gasteiger partial charge on any atom is -0.497 e. The van der Waals surface area contributed by atoms with E-state index in [4.69, 9.17) is 9.47 Å². The van der Waals surface area contributed by atoms with Crippen molar-refractivity contribution < 1.29 is 14.3 Å². The average Bonchev–Trinajstić information content (AvgIpc) is 2.58. The van der Waals surface area contributed by atoms with Crippen LogP contribution in [0.5, 0.6) is 5.75 Å². The number of carbonyl (C=O) groups excluding carboxylic acids is 1. The van der Waals surface area contributed by atoms with Crippen LogP contribution in [0.25, 0.3) is 11.3 Å². The van der Waals surface area contributed by atoms with Crippen molar-refractivity contribution in [1.29, 1.82) is 0 Å². The summed E-state index contributed by atoms with van der Waals surface area (Å²) < 4.78 is 10.6. The molecule has 0 saturated carbocycles. The van der Waals surface area contributed by atoms with Crippen LogP contribution in [0, 0.1) is 0 Å². The molecule has 0 spiro atoms. The number of aromatic nitrogens is 1. The van der Waals surface area contributed by atoms with Gasteiger partial charge < -0.3 is 9.47 Å². The van der Waals surface area contributed by atoms with E-state index < -0.39 is 0 Å². The Bertz CT molecular complexity index is 611. The van der Waals surface area contributed by atoms with Crippen LogP contribution < -0.4 is 4.74 Å². The Morgan fingerprint density at radius 1 is 1.18 bits per heavy atom. The zero-order valence-corrected chi connectivity index (χ0v) is 13.0. The predicted octanol–water partition coefficient (Wildman–Crippen LogP) is 4.10. The average molecular weight is 299 g/mol. The number of benzene rings is 1. The van der Waals surface area contributed by atoms with Crippen molar-refractivity contribution >= 4 is 5.97 Å². The van der Waals surface area contributed by atoms with Crippen molar-refractivity contribution in [3.05, 3.63) is 48.2 Å². The van der Waals surface area contributed by atoms with Gasteiger partial charge in [0, 0.05) is 11.8 Å². The molecule has 1 heterocycles. The molecule has 4 nitrogen and oxygen atoms in total. The highest BCUT2D eigenvalue weighted by Gasteiger charge is 2.16. The lowest BCUT2D eigenvalue weighted by Gasteiger charge is -2.11. The highest BCUT2D eigenvalue weighted by molar-refractivity contribution is 5.97. The van der Waals surface area contributed by atoms with E-state index in [1.54, 1.807) is 19.4 Å². The molecule has 22 heavy (non-hydrogen) atoms. The van der Waals surface area contributed by atoms with Gasteiger partial charge in [0.05, 0.1) is 25.0 Å². The fourth-order valence-corrected chi connectivity index (χ4v) is 2.16. The lowest BCUT2D eigenvalue weighted by molar-refractivity contribution is 0.0498. The van der Waals surface area contributed by atoms with Crippen LogP contribution in [0.3, 0.4) is 0 Å². The van der Waals surface area contributed by atoms with E-state index in [0.717, 1.165) is 30.5 Å². The molecule has 0 saturated heterocycles. The highest BCUT2D eigenvalue weighted by atomic mass is 16.5. The summed E-state index contributed by atoms with van der Waals surface area (Å²) in [6.07, 6.45) is 4.73. The molecule has 0 bridgehead atoms. The maximum atomic E-state index is 12.4. The van der Waals surface area contributed by atoms with Crippen LogP contribution in [-0.4, -0.2) is 24.7 Å². The van der Waals surface area contributed by atoms with Crippen molar-refractivity contribution in [3.63, 3.8) is 0 Å². The van der Waals surface area contributed by atoms with E-state index in [-0.39, 0.29) is 5.97 Å². The normalized spacial score (nSPS) is 10.3. The van der Waals surface area contributed by atoms with Crippen molar-refractivity contribution in [3.8, 4) is 17.0 Å². The first kappa shape index (κ1) is 16.0. The molecular formula is C18H21NO3. The second-order valence-corrected chi connectivity index (χ2v) is 4.97. The third-order valence-electron chi connectivity index (χ3n) is 3.37. The molecule has 0 unspecified atom stereocenters. The molecule has 4 heteroatoms. The SMILES string of the molecule is CCCCCOC(=O)c1cc(OC)ccc1-c1ccccn1. The molecule has 1 aromatic carbocycles. The number of unbranched alkanes of at least 4 members (excludes halogenated alkanes) is 2. The summed E-state index contributed by atoms with van der Waals surface area (Å²) >= 11 is 0. The van der Waals surface area contributed by atoms with E-state index in [2.05, 4.69) is 11.9 Å². The number of rotatable bonds is 7. The second-order valence-electron chi connectivity index (χ2n) is 4.97. The Labute approximate surface area is 131 Å². The molecule has 2 rings (SSSR count). The maximum Gasteiger partial charge on any atom is 0.338 e. The van der Waals surface area contributed by atoms with Crippen LogP contribution in [0.4, 0.5) is 0 Å². The predicted molar refractivity (Wildman–Crippen MR) is 86.0 cm³/mol. The van der Waals surface area contributed by atoms with Crippen LogP contribution >= 0.6 is 0 Å². The van der Waals surface area contributed by atoms with E-state index >= 15 is 0 Å². The minimum absolute atomic E-state index is 0.337. The van der Waals surface area contributed by atoms with Gasteiger partial charge in [0.1, 0.15) is 5.75 Å². The monoisotopic (exact) mass is 299 g/mol. The Morgan fingerprint density at radius 2 is 2.05 bits per heavy atom. The molecule has 116 valence electrons. The molecule has 0 aliphatic heterocycles. The van der Waals surface area contributed by atoms with Crippen molar-refractivity contribution in [2.45, 2.75) is 26.2 Å². The van der Waals surface area contributed by atoms with Gasteiger partial charge in [-0.05, 0) is 36.8 Å². The zero-order valence-electron chi connectivity index (χ0n) is 13.0. The Balaban J connectivity index is 2.25. The van der Waals surface area contributed by atoms with E-state index in [1.165, 1.54) is 0 Å². The minimum atomic E-state index is -0.337. The van der Waals surface area contributed by atoms with Gasteiger partial charge in [-0.2, -0.15) is 0 Å². The van der Waals surface area contributed by atoms with Crippen molar-refractivity contribution in [2.75, 3.05) is 13.7 Å². The van der Waals surface area contributed by atoms with E-state index in [9.17, 15) is 4.79 Å². The second kappa shape index (κ2) is 8.17. The van der Waals surface area contributed by atoms with Gasteiger partial charge in [-0.3, -0.25) is 4.98 Å². The summed E-state index contributed by atoms with van der Waals surface area (Å²) in [5.41, 5.74) is 1.97. The summed E-state index contributed by atoms with van der Waals surface area (Å²) in [5, 5.41) is 0. The number of carbonyl (C=O) groups is 1. The first-order valence-electron chi connectivity index (χ1n) is 7.52. The summed E-state index contributed by atoms with van der Waals surface area (Å²) in [7, 11) is 1.58. The number of pyridine rings is 1. The Kier molecular flexibility index (Phi) is 5.95. The Hall–Kier alpha value is -2.36. The van der Waals surface area contributed by atoms with Gasteiger partial charge in [0.25, 0.3) is 0 Å².